The van der Waals surface area contributed by atoms with Crippen molar-refractivity contribution in [2.24, 2.45) is 0 Å². The highest BCUT2D eigenvalue weighted by Crippen LogP contribution is 2.20. The smallest absolute Gasteiger partial charge is 0.167 e. The van der Waals surface area contributed by atoms with E-state index < -0.39 is 6.18 Å². The summed E-state index contributed by atoms with van der Waals surface area (Å²) >= 11 is 0. The second-order valence-electron chi connectivity index (χ2n) is 2.05. The number of hydrogen-bond acceptors (Lipinski definition) is 0. The maximum Gasteiger partial charge on any atom is 0.409 e. The van der Waals surface area contributed by atoms with Gasteiger partial charge in [-0.25, -0.2) is 0 Å². The number of allylic oxidation sites excluding steroid dienone is 2. The average molecular weight is 152 g/mol. The molecule has 0 heterocycles. The van der Waals surface area contributed by atoms with Crippen molar-refractivity contribution in [3.8, 4) is 0 Å². The zero-order valence-corrected chi connectivity index (χ0v) is 6.13. The minimum Gasteiger partial charge on any atom is -0.167 e. The monoisotopic (exact) mass is 152 g/mol. The number of halogens is 3. The molecular weight excluding hydrogens is 141 g/mol. The first-order valence-electron chi connectivity index (χ1n) is 3.27. The van der Waals surface area contributed by atoms with Gasteiger partial charge in [-0.05, 0) is 12.8 Å². The lowest BCUT2D eigenvalue weighted by atomic mass is 10.1. The molecule has 0 aliphatic carbocycles. The standard InChI is InChI=1S/C7H11F3/c1-3-6(4-2)5-7(8,9)10/h5H,3-4H2,1-2H3. The molecule has 0 rings (SSSR count). The van der Waals surface area contributed by atoms with E-state index in [0.29, 0.717) is 24.5 Å². The number of rotatable bonds is 2. The lowest BCUT2D eigenvalue weighted by Crippen LogP contribution is -2.02. The molecule has 0 N–H and O–H groups in total. The summed E-state index contributed by atoms with van der Waals surface area (Å²) in [7, 11) is 0. The topological polar surface area (TPSA) is 0 Å². The highest BCUT2D eigenvalue weighted by Gasteiger charge is 2.23. The van der Waals surface area contributed by atoms with E-state index in [1.165, 1.54) is 0 Å². The second-order valence-corrected chi connectivity index (χ2v) is 2.05. The lowest BCUT2D eigenvalue weighted by Gasteiger charge is -2.02. The van der Waals surface area contributed by atoms with Gasteiger partial charge in [0.25, 0.3) is 0 Å². The molecule has 0 amide bonds. The van der Waals surface area contributed by atoms with Crippen LogP contribution in [-0.2, 0) is 0 Å². The van der Waals surface area contributed by atoms with Gasteiger partial charge < -0.3 is 0 Å². The molecule has 0 nitrogen and oxygen atoms in total. The van der Waals surface area contributed by atoms with E-state index in [9.17, 15) is 13.2 Å². The van der Waals surface area contributed by atoms with E-state index in [1.54, 1.807) is 13.8 Å². The first-order chi connectivity index (χ1) is 4.49. The van der Waals surface area contributed by atoms with Crippen molar-refractivity contribution in [2.45, 2.75) is 32.9 Å². The average Bonchev–Trinajstić information content (AvgIpc) is 1.81. The molecule has 0 atom stereocenters. The molecule has 0 aromatic carbocycles. The Bertz CT molecular complexity index is 115. The third kappa shape index (κ3) is 4.41. The fraction of sp³-hybridized carbons (Fsp3) is 0.714. The van der Waals surface area contributed by atoms with Crippen molar-refractivity contribution in [3.05, 3.63) is 11.6 Å². The van der Waals surface area contributed by atoms with Crippen LogP contribution in [0.25, 0.3) is 0 Å². The molecular formula is C7H11F3. The molecule has 60 valence electrons. The number of alkyl halides is 3. The Balaban J connectivity index is 4.11. The highest BCUT2D eigenvalue weighted by atomic mass is 19.4. The summed E-state index contributed by atoms with van der Waals surface area (Å²) < 4.78 is 34.8. The lowest BCUT2D eigenvalue weighted by molar-refractivity contribution is -0.0807. The Kier molecular flexibility index (Phi) is 3.47. The maximum absolute atomic E-state index is 11.6. The Labute approximate surface area is 58.7 Å². The van der Waals surface area contributed by atoms with Gasteiger partial charge in [-0.3, -0.25) is 0 Å². The fourth-order valence-corrected chi connectivity index (χ4v) is 0.686. The van der Waals surface area contributed by atoms with Gasteiger partial charge in [0.2, 0.25) is 0 Å². The molecule has 0 aliphatic heterocycles. The van der Waals surface area contributed by atoms with E-state index in [-0.39, 0.29) is 0 Å². The van der Waals surface area contributed by atoms with Crippen molar-refractivity contribution in [2.75, 3.05) is 0 Å². The molecule has 0 aliphatic rings. The summed E-state index contributed by atoms with van der Waals surface area (Å²) in [4.78, 5) is 0. The summed E-state index contributed by atoms with van der Waals surface area (Å²) in [5.41, 5.74) is 0.451. The molecule has 3 heteroatoms. The van der Waals surface area contributed by atoms with Gasteiger partial charge in [0.1, 0.15) is 0 Å². The van der Waals surface area contributed by atoms with Crippen molar-refractivity contribution in [3.63, 3.8) is 0 Å². The van der Waals surface area contributed by atoms with Crippen molar-refractivity contribution >= 4 is 0 Å². The molecule has 0 bridgehead atoms. The van der Waals surface area contributed by atoms with Gasteiger partial charge in [0.15, 0.2) is 0 Å². The first-order valence-corrected chi connectivity index (χ1v) is 3.27. The molecule has 0 radical (unpaired) electrons. The van der Waals surface area contributed by atoms with Crippen LogP contribution in [0, 0.1) is 0 Å². The van der Waals surface area contributed by atoms with Crippen LogP contribution >= 0.6 is 0 Å². The molecule has 0 saturated heterocycles. The van der Waals surface area contributed by atoms with Crippen molar-refractivity contribution in [1.29, 1.82) is 0 Å². The van der Waals surface area contributed by atoms with Crippen LogP contribution in [0.15, 0.2) is 11.6 Å². The van der Waals surface area contributed by atoms with Gasteiger partial charge in [0.05, 0.1) is 0 Å². The van der Waals surface area contributed by atoms with Crippen LogP contribution in [0.1, 0.15) is 26.7 Å². The molecule has 0 unspecified atom stereocenters. The Morgan fingerprint density at radius 1 is 1.20 bits per heavy atom. The van der Waals surface area contributed by atoms with Crippen LogP contribution in [-0.4, -0.2) is 6.18 Å². The van der Waals surface area contributed by atoms with Gasteiger partial charge in [-0.1, -0.05) is 19.4 Å². The fourth-order valence-electron chi connectivity index (χ4n) is 0.686. The van der Waals surface area contributed by atoms with Crippen LogP contribution in [0.5, 0.6) is 0 Å². The quantitative estimate of drug-likeness (QED) is 0.532. The minimum absolute atomic E-state index is 0.382. The summed E-state index contributed by atoms with van der Waals surface area (Å²) in [6, 6.07) is 0. The Hall–Kier alpha value is -0.470. The third-order valence-electron chi connectivity index (χ3n) is 1.28. The van der Waals surface area contributed by atoms with Crippen LogP contribution in [0.2, 0.25) is 0 Å². The minimum atomic E-state index is -4.14. The van der Waals surface area contributed by atoms with Crippen LogP contribution in [0.3, 0.4) is 0 Å². The zero-order chi connectivity index (χ0) is 8.20. The van der Waals surface area contributed by atoms with Gasteiger partial charge >= 0.3 is 6.18 Å². The molecule has 0 aromatic heterocycles. The maximum atomic E-state index is 11.6. The highest BCUT2D eigenvalue weighted by molar-refractivity contribution is 5.03. The molecule has 0 aromatic rings. The van der Waals surface area contributed by atoms with E-state index in [4.69, 9.17) is 0 Å². The molecule has 0 saturated carbocycles. The second kappa shape index (κ2) is 3.64. The van der Waals surface area contributed by atoms with Gasteiger partial charge in [0, 0.05) is 6.08 Å². The molecule has 0 spiro atoms. The third-order valence-corrected chi connectivity index (χ3v) is 1.28. The number of hydrogen-bond donors (Lipinski definition) is 0. The van der Waals surface area contributed by atoms with E-state index >= 15 is 0 Å². The predicted octanol–water partition coefficient (Wildman–Crippen LogP) is 3.30. The first kappa shape index (κ1) is 9.53. The molecule has 10 heavy (non-hydrogen) atoms. The van der Waals surface area contributed by atoms with Crippen LogP contribution in [0.4, 0.5) is 13.2 Å². The largest absolute Gasteiger partial charge is 0.409 e. The predicted molar refractivity (Wildman–Crippen MR) is 34.7 cm³/mol. The Morgan fingerprint density at radius 3 is 1.70 bits per heavy atom. The van der Waals surface area contributed by atoms with Crippen LogP contribution < -0.4 is 0 Å². The van der Waals surface area contributed by atoms with E-state index in [2.05, 4.69) is 0 Å². The normalized spacial score (nSPS) is 11.3. The zero-order valence-electron chi connectivity index (χ0n) is 6.13. The van der Waals surface area contributed by atoms with Crippen molar-refractivity contribution < 1.29 is 13.2 Å². The van der Waals surface area contributed by atoms with Gasteiger partial charge in [-0.2, -0.15) is 13.2 Å². The Morgan fingerprint density at radius 2 is 1.60 bits per heavy atom. The van der Waals surface area contributed by atoms with Crippen molar-refractivity contribution in [1.82, 2.24) is 0 Å². The van der Waals surface area contributed by atoms with Gasteiger partial charge in [-0.15, -0.1) is 0 Å². The molecule has 0 fully saturated rings. The summed E-state index contributed by atoms with van der Waals surface area (Å²) in [6.07, 6.45) is -2.79. The summed E-state index contributed by atoms with van der Waals surface area (Å²) in [5, 5.41) is 0. The van der Waals surface area contributed by atoms with E-state index in [0.717, 1.165) is 0 Å². The summed E-state index contributed by atoms with van der Waals surface area (Å²) in [6.45, 7) is 3.45. The SMILES string of the molecule is CCC(=CC(F)(F)F)CC. The summed E-state index contributed by atoms with van der Waals surface area (Å²) in [5.74, 6) is 0. The van der Waals surface area contributed by atoms with E-state index in [1.807, 2.05) is 0 Å².